The molecule has 0 saturated carbocycles. The Bertz CT molecular complexity index is 456. The van der Waals surface area contributed by atoms with Gasteiger partial charge in [-0.1, -0.05) is 25.1 Å². The van der Waals surface area contributed by atoms with E-state index in [1.165, 1.54) is 0 Å². The van der Waals surface area contributed by atoms with Gasteiger partial charge >= 0.3 is 0 Å². The molecule has 0 radical (unpaired) electrons. The number of hydrazone groups is 1. The van der Waals surface area contributed by atoms with E-state index in [1.54, 1.807) is 6.07 Å². The minimum atomic E-state index is -0.994. The van der Waals surface area contributed by atoms with E-state index in [1.807, 2.05) is 25.1 Å². The van der Waals surface area contributed by atoms with Crippen LogP contribution >= 0.6 is 23.2 Å². The van der Waals surface area contributed by atoms with Crippen molar-refractivity contribution in [2.75, 3.05) is 5.43 Å². The second-order valence-electron chi connectivity index (χ2n) is 3.13. The Morgan fingerprint density at radius 1 is 1.24 bits per heavy atom. The molecule has 1 aromatic rings. The van der Waals surface area contributed by atoms with Gasteiger partial charge in [-0.15, -0.1) is 0 Å². The number of para-hydroxylation sites is 1. The van der Waals surface area contributed by atoms with Crippen LogP contribution < -0.4 is 5.43 Å². The maximum atomic E-state index is 10.9. The van der Waals surface area contributed by atoms with E-state index in [-0.39, 0.29) is 0 Å². The molecule has 0 saturated heterocycles. The summed E-state index contributed by atoms with van der Waals surface area (Å²) in [4.78, 5) is 21.7. The molecule has 17 heavy (non-hydrogen) atoms. The van der Waals surface area contributed by atoms with Gasteiger partial charge in [0.05, 0.1) is 5.69 Å². The van der Waals surface area contributed by atoms with Crippen LogP contribution in [0.2, 0.25) is 0 Å². The van der Waals surface area contributed by atoms with Crippen LogP contribution in [0.5, 0.6) is 0 Å². The number of hydrogen-bond donors (Lipinski definition) is 1. The molecule has 0 aromatic heterocycles. The Morgan fingerprint density at radius 2 is 1.82 bits per heavy atom. The average molecular weight is 273 g/mol. The van der Waals surface area contributed by atoms with E-state index in [4.69, 9.17) is 23.2 Å². The molecular formula is C11H10Cl2N2O2. The zero-order valence-electron chi connectivity index (χ0n) is 9.04. The molecule has 90 valence electrons. The minimum Gasteiger partial charge on any atom is -0.277 e. The number of carbonyl (C=O) groups excluding carboxylic acids is 2. The molecule has 0 amide bonds. The van der Waals surface area contributed by atoms with Gasteiger partial charge in [-0.2, -0.15) is 5.10 Å². The number of benzene rings is 1. The molecule has 0 atom stereocenters. The Hall–Kier alpha value is -1.39. The van der Waals surface area contributed by atoms with Gasteiger partial charge in [0, 0.05) is 0 Å². The lowest BCUT2D eigenvalue weighted by molar-refractivity contribution is -0.109. The quantitative estimate of drug-likeness (QED) is 0.388. The summed E-state index contributed by atoms with van der Waals surface area (Å²) in [6.07, 6.45) is 0.789. The van der Waals surface area contributed by atoms with Crippen molar-refractivity contribution in [2.24, 2.45) is 5.10 Å². The zero-order chi connectivity index (χ0) is 12.8. The summed E-state index contributed by atoms with van der Waals surface area (Å²) in [6, 6.07) is 7.37. The molecule has 0 aliphatic rings. The Kier molecular flexibility index (Phi) is 5.12. The number of rotatable bonds is 5. The van der Waals surface area contributed by atoms with Crippen molar-refractivity contribution in [2.45, 2.75) is 13.3 Å². The minimum absolute atomic E-state index is 0.528. The van der Waals surface area contributed by atoms with Gasteiger partial charge in [0.1, 0.15) is 0 Å². The molecule has 0 fully saturated rings. The number of carbonyl (C=O) groups is 2. The summed E-state index contributed by atoms with van der Waals surface area (Å²) in [7, 11) is 0. The zero-order valence-corrected chi connectivity index (χ0v) is 10.5. The monoisotopic (exact) mass is 272 g/mol. The van der Waals surface area contributed by atoms with Crippen molar-refractivity contribution in [3.8, 4) is 0 Å². The lowest BCUT2D eigenvalue weighted by Gasteiger charge is -2.06. The number of nitrogens with one attached hydrogen (secondary N) is 1. The third kappa shape index (κ3) is 3.84. The Balaban J connectivity index is 2.94. The Labute approximate surface area is 109 Å². The van der Waals surface area contributed by atoms with Crippen LogP contribution in [0.15, 0.2) is 29.4 Å². The van der Waals surface area contributed by atoms with Crippen molar-refractivity contribution in [1.29, 1.82) is 0 Å². The number of aryl methyl sites for hydroxylation is 1. The van der Waals surface area contributed by atoms with Gasteiger partial charge in [0.15, 0.2) is 0 Å². The largest absolute Gasteiger partial charge is 0.277 e. The number of anilines is 1. The molecule has 0 bridgehead atoms. The molecule has 0 aliphatic carbocycles. The summed E-state index contributed by atoms with van der Waals surface area (Å²) in [6.45, 7) is 1.98. The van der Waals surface area contributed by atoms with Crippen molar-refractivity contribution >= 4 is 45.1 Å². The maximum absolute atomic E-state index is 10.9. The predicted octanol–water partition coefficient (Wildman–Crippen LogP) is 2.55. The Morgan fingerprint density at radius 3 is 2.35 bits per heavy atom. The van der Waals surface area contributed by atoms with Crippen LogP contribution in [0.3, 0.4) is 0 Å². The molecular weight excluding hydrogens is 263 g/mol. The van der Waals surface area contributed by atoms with Crippen molar-refractivity contribution in [3.05, 3.63) is 29.8 Å². The van der Waals surface area contributed by atoms with Crippen molar-refractivity contribution in [3.63, 3.8) is 0 Å². The topological polar surface area (TPSA) is 58.5 Å². The average Bonchev–Trinajstić information content (AvgIpc) is 2.29. The molecule has 0 unspecified atom stereocenters. The lowest BCUT2D eigenvalue weighted by atomic mass is 10.1. The highest BCUT2D eigenvalue weighted by Crippen LogP contribution is 2.15. The molecule has 0 heterocycles. The summed E-state index contributed by atoms with van der Waals surface area (Å²) >= 11 is 10.3. The third-order valence-electron chi connectivity index (χ3n) is 2.06. The maximum Gasteiger partial charge on any atom is 0.277 e. The first kappa shape index (κ1) is 13.7. The van der Waals surface area contributed by atoms with Gasteiger partial charge < -0.3 is 0 Å². The smallest absolute Gasteiger partial charge is 0.277 e. The summed E-state index contributed by atoms with van der Waals surface area (Å²) in [5, 5.41) is 1.62. The second-order valence-corrected chi connectivity index (χ2v) is 3.82. The molecule has 0 aliphatic heterocycles. The highest BCUT2D eigenvalue weighted by Gasteiger charge is 2.16. The van der Waals surface area contributed by atoms with Gasteiger partial charge in [0.25, 0.3) is 10.5 Å². The molecule has 1 N–H and O–H groups in total. The fourth-order valence-electron chi connectivity index (χ4n) is 1.22. The standard InChI is InChI=1S/C11H10Cl2N2O2/c1-2-7-5-3-4-6-8(7)14-15-9(10(12)16)11(13)17/h3-6,14H,2H2,1H3. The normalized spacial score (nSPS) is 9.59. The van der Waals surface area contributed by atoms with Gasteiger partial charge in [-0.3, -0.25) is 15.0 Å². The summed E-state index contributed by atoms with van der Waals surface area (Å²) in [5.41, 5.74) is 3.77. The van der Waals surface area contributed by atoms with Crippen LogP contribution in [-0.2, 0) is 16.0 Å². The first-order valence-electron chi connectivity index (χ1n) is 4.87. The van der Waals surface area contributed by atoms with E-state index in [2.05, 4.69) is 10.5 Å². The molecule has 1 aromatic carbocycles. The summed E-state index contributed by atoms with van der Waals surface area (Å²) in [5.74, 6) is 0. The fourth-order valence-corrected chi connectivity index (χ4v) is 1.52. The van der Waals surface area contributed by atoms with Crippen molar-refractivity contribution < 1.29 is 9.59 Å². The van der Waals surface area contributed by atoms with E-state index < -0.39 is 16.2 Å². The van der Waals surface area contributed by atoms with Crippen LogP contribution in [0.1, 0.15) is 12.5 Å². The molecule has 6 heteroatoms. The van der Waals surface area contributed by atoms with E-state index >= 15 is 0 Å². The van der Waals surface area contributed by atoms with Gasteiger partial charge in [0.2, 0.25) is 5.71 Å². The molecule has 4 nitrogen and oxygen atoms in total. The van der Waals surface area contributed by atoms with Crippen LogP contribution in [0.25, 0.3) is 0 Å². The lowest BCUT2D eigenvalue weighted by Crippen LogP contribution is -2.17. The number of hydrogen-bond acceptors (Lipinski definition) is 4. The highest BCUT2D eigenvalue weighted by atomic mass is 35.5. The predicted molar refractivity (Wildman–Crippen MR) is 68.6 cm³/mol. The first-order chi connectivity index (χ1) is 8.06. The van der Waals surface area contributed by atoms with Crippen LogP contribution in [0.4, 0.5) is 5.69 Å². The van der Waals surface area contributed by atoms with E-state index in [0.717, 1.165) is 12.0 Å². The highest BCUT2D eigenvalue weighted by molar-refractivity contribution is 7.01. The van der Waals surface area contributed by atoms with Crippen LogP contribution in [-0.4, -0.2) is 16.2 Å². The fraction of sp³-hybridized carbons (Fsp3) is 0.182. The third-order valence-corrected chi connectivity index (χ3v) is 2.42. The van der Waals surface area contributed by atoms with Crippen LogP contribution in [0, 0.1) is 0 Å². The number of halogens is 2. The van der Waals surface area contributed by atoms with E-state index in [0.29, 0.717) is 5.69 Å². The van der Waals surface area contributed by atoms with Gasteiger partial charge in [-0.05, 0) is 41.3 Å². The van der Waals surface area contributed by atoms with Crippen molar-refractivity contribution in [1.82, 2.24) is 0 Å². The number of nitrogens with zero attached hydrogens (tertiary/aromatic N) is 1. The molecule has 0 spiro atoms. The SMILES string of the molecule is CCc1ccccc1NN=C(C(=O)Cl)C(=O)Cl. The first-order valence-corrected chi connectivity index (χ1v) is 5.63. The summed E-state index contributed by atoms with van der Waals surface area (Å²) < 4.78 is 0. The second kappa shape index (κ2) is 6.37. The van der Waals surface area contributed by atoms with Gasteiger partial charge in [-0.25, -0.2) is 0 Å². The molecule has 1 rings (SSSR count). The van der Waals surface area contributed by atoms with E-state index in [9.17, 15) is 9.59 Å².